The Morgan fingerprint density at radius 3 is 1.84 bits per heavy atom. The summed E-state index contributed by atoms with van der Waals surface area (Å²) in [6.45, 7) is 5.04. The highest BCUT2D eigenvalue weighted by Crippen LogP contribution is 2.41. The highest BCUT2D eigenvalue weighted by molar-refractivity contribution is 5.77. The van der Waals surface area contributed by atoms with E-state index in [2.05, 4.69) is 10.6 Å². The molecule has 1 heterocycles. The van der Waals surface area contributed by atoms with Crippen LogP contribution in [0.5, 0.6) is 11.5 Å². The summed E-state index contributed by atoms with van der Waals surface area (Å²) in [6.07, 6.45) is -2.35. The number of aliphatic hydroxyl groups excluding tert-OH is 1. The van der Waals surface area contributed by atoms with Gasteiger partial charge in [-0.2, -0.15) is 0 Å². The number of carbonyl (C=O) groups excluding carboxylic acids is 6. The van der Waals surface area contributed by atoms with E-state index in [0.29, 0.717) is 37.2 Å². The van der Waals surface area contributed by atoms with Gasteiger partial charge < -0.3 is 58.5 Å². The minimum Gasteiger partial charge on any atom is -0.497 e. The van der Waals surface area contributed by atoms with Gasteiger partial charge >= 0.3 is 17.9 Å². The maximum atomic E-state index is 13.5. The van der Waals surface area contributed by atoms with Gasteiger partial charge in [0.2, 0.25) is 17.7 Å². The van der Waals surface area contributed by atoms with Crippen LogP contribution in [0.2, 0.25) is 0 Å². The topological polar surface area (TPSA) is 224 Å². The Bertz CT molecular complexity index is 1990. The zero-order valence-electron chi connectivity index (χ0n) is 39.2. The molecule has 5 atom stereocenters. The van der Waals surface area contributed by atoms with E-state index in [9.17, 15) is 33.9 Å². The molecule has 3 amide bonds. The lowest BCUT2D eigenvalue weighted by atomic mass is 9.80. The van der Waals surface area contributed by atoms with Gasteiger partial charge in [-0.15, -0.1) is 0 Å². The van der Waals surface area contributed by atoms with Crippen molar-refractivity contribution in [1.29, 1.82) is 0 Å². The van der Waals surface area contributed by atoms with Gasteiger partial charge in [0, 0.05) is 66.8 Å². The minimum absolute atomic E-state index is 0.110. The Kier molecular flexibility index (Phi) is 22.0. The van der Waals surface area contributed by atoms with Crippen LogP contribution in [0, 0.1) is 0 Å². The molecular weight excluding hydrogens is 871 g/mol. The molecule has 4 rings (SSSR count). The summed E-state index contributed by atoms with van der Waals surface area (Å²) in [4.78, 5) is 75.6. The molecule has 0 aliphatic carbocycles. The molecular formula is C49H65N3O15. The zero-order valence-corrected chi connectivity index (χ0v) is 39.2. The molecule has 0 spiro atoms. The smallest absolute Gasteiger partial charge is 0.303 e. The van der Waals surface area contributed by atoms with Gasteiger partial charge in [0.25, 0.3) is 0 Å². The fourth-order valence-electron chi connectivity index (χ4n) is 7.78. The van der Waals surface area contributed by atoms with Crippen molar-refractivity contribution in [3.05, 3.63) is 95.6 Å². The molecule has 0 radical (unpaired) electrons. The summed E-state index contributed by atoms with van der Waals surface area (Å²) in [6, 6.07) is 24.0. The summed E-state index contributed by atoms with van der Waals surface area (Å²) in [7, 11) is 3.21. The van der Waals surface area contributed by atoms with Crippen molar-refractivity contribution in [1.82, 2.24) is 15.5 Å². The summed E-state index contributed by atoms with van der Waals surface area (Å²) < 4.78 is 45.8. The van der Waals surface area contributed by atoms with Crippen molar-refractivity contribution in [2.24, 2.45) is 0 Å². The highest BCUT2D eigenvalue weighted by atomic mass is 16.7. The van der Waals surface area contributed by atoms with Crippen LogP contribution in [0.15, 0.2) is 78.9 Å². The Labute approximate surface area is 391 Å². The van der Waals surface area contributed by atoms with Crippen molar-refractivity contribution in [2.75, 3.05) is 60.3 Å². The van der Waals surface area contributed by atoms with E-state index >= 15 is 0 Å². The van der Waals surface area contributed by atoms with E-state index in [1.165, 1.54) is 13.8 Å². The molecule has 18 heteroatoms. The minimum atomic E-state index is -1.23. The third-order valence-electron chi connectivity index (χ3n) is 10.9. The van der Waals surface area contributed by atoms with Crippen molar-refractivity contribution in [3.8, 4) is 11.5 Å². The van der Waals surface area contributed by atoms with Gasteiger partial charge in [0.15, 0.2) is 18.5 Å². The molecule has 3 aromatic rings. The number of benzene rings is 3. The largest absolute Gasteiger partial charge is 0.497 e. The summed E-state index contributed by atoms with van der Waals surface area (Å²) >= 11 is 0. The molecule has 0 saturated carbocycles. The number of hydrogen-bond donors (Lipinski definition) is 3. The average Bonchev–Trinajstić information content (AvgIpc) is 3.31. The summed E-state index contributed by atoms with van der Waals surface area (Å²) in [5, 5.41) is 15.4. The molecule has 1 saturated heterocycles. The van der Waals surface area contributed by atoms with Gasteiger partial charge in [0.1, 0.15) is 35.9 Å². The lowest BCUT2D eigenvalue weighted by Crippen LogP contribution is -2.66. The number of ether oxygens (including phenoxy) is 8. The zero-order chi connectivity index (χ0) is 48.8. The number of aliphatic hydroxyl groups is 1. The molecule has 1 aliphatic rings. The van der Waals surface area contributed by atoms with Crippen LogP contribution in [0.1, 0.15) is 82.9 Å². The lowest BCUT2D eigenvalue weighted by molar-refractivity contribution is -0.277. The van der Waals surface area contributed by atoms with Crippen molar-refractivity contribution in [2.45, 2.75) is 102 Å². The molecule has 3 N–H and O–H groups in total. The predicted octanol–water partition coefficient (Wildman–Crippen LogP) is 3.96. The monoisotopic (exact) mass is 935 g/mol. The predicted molar refractivity (Wildman–Crippen MR) is 243 cm³/mol. The first-order valence-electron chi connectivity index (χ1n) is 22.4. The molecule has 366 valence electrons. The van der Waals surface area contributed by atoms with Crippen molar-refractivity contribution in [3.63, 3.8) is 0 Å². The van der Waals surface area contributed by atoms with Gasteiger partial charge in [0.05, 0.1) is 27.4 Å². The maximum absolute atomic E-state index is 13.5. The molecule has 0 bridgehead atoms. The lowest BCUT2D eigenvalue weighted by Gasteiger charge is -2.44. The van der Waals surface area contributed by atoms with E-state index < -0.39 is 60.1 Å². The first-order valence-corrected chi connectivity index (χ1v) is 22.4. The second kappa shape index (κ2) is 27.5. The van der Waals surface area contributed by atoms with Crippen LogP contribution >= 0.6 is 0 Å². The number of esters is 3. The number of nitrogens with one attached hydrogen (secondary N) is 2. The van der Waals surface area contributed by atoms with Crippen LogP contribution in [0.4, 0.5) is 0 Å². The number of amides is 3. The Morgan fingerprint density at radius 2 is 1.28 bits per heavy atom. The van der Waals surface area contributed by atoms with Crippen LogP contribution in [-0.2, 0) is 62.8 Å². The average molecular weight is 936 g/mol. The molecule has 18 nitrogen and oxygen atoms in total. The third kappa shape index (κ3) is 16.3. The van der Waals surface area contributed by atoms with Crippen molar-refractivity contribution < 1.29 is 71.8 Å². The van der Waals surface area contributed by atoms with Crippen LogP contribution in [-0.4, -0.2) is 137 Å². The number of hydrogen-bond acceptors (Lipinski definition) is 15. The van der Waals surface area contributed by atoms with Gasteiger partial charge in [-0.1, -0.05) is 61.0 Å². The van der Waals surface area contributed by atoms with E-state index in [4.69, 9.17) is 37.9 Å². The number of rotatable bonds is 27. The second-order valence-corrected chi connectivity index (χ2v) is 15.8. The quantitative estimate of drug-likeness (QED) is 0.0426. The Morgan fingerprint density at radius 1 is 0.687 bits per heavy atom. The van der Waals surface area contributed by atoms with Gasteiger partial charge in [-0.3, -0.25) is 28.8 Å². The number of methoxy groups -OCH3 is 2. The van der Waals surface area contributed by atoms with Crippen LogP contribution in [0.3, 0.4) is 0 Å². The molecule has 0 aromatic heterocycles. The second-order valence-electron chi connectivity index (χ2n) is 15.8. The van der Waals surface area contributed by atoms with E-state index in [0.717, 1.165) is 30.5 Å². The number of unbranched alkanes of at least 4 members (excludes halogenated alkanes) is 2. The summed E-state index contributed by atoms with van der Waals surface area (Å²) in [5.74, 6) is -1.51. The highest BCUT2D eigenvalue weighted by Gasteiger charge is 2.51. The number of nitrogens with zero attached hydrogens (tertiary/aromatic N) is 1. The molecule has 5 unspecified atom stereocenters. The fraction of sp³-hybridized carbons (Fsp3) is 0.510. The standard InChI is InChI=1S/C49H65N3O15/c1-33(54)51-45-47(66-36(4)57)46(65-35(3)56)42(32-63-34(2)55)67-48(45)62-30-12-8-11-16-43(58)50-26-13-17-44(59)52(27-29-53)28-31-64-49(37-14-9-7-10-15-37,38-18-22-40(60-5)23-19-38)39-20-24-41(61-6)25-21-39/h7,9-10,14-15,18-25,42,45-48,53H,8,11-13,16-17,26-32H2,1-6H3,(H,50,58)(H,51,54). The number of carbonyl (C=O) groups is 6. The fourth-order valence-corrected chi connectivity index (χ4v) is 7.78. The first kappa shape index (κ1) is 53.5. The molecule has 1 fully saturated rings. The van der Waals surface area contributed by atoms with E-state index in [1.807, 2.05) is 78.9 Å². The SMILES string of the molecule is COc1ccc(C(OCCN(CCO)C(=O)CCCNC(=O)CCCCCOC2OC(COC(C)=O)C(OC(C)=O)C(OC(C)=O)C2NC(C)=O)(c2ccccc2)c2ccc(OC)cc2)cc1. The van der Waals surface area contributed by atoms with E-state index in [-0.39, 0.29) is 70.7 Å². The molecule has 67 heavy (non-hydrogen) atoms. The maximum Gasteiger partial charge on any atom is 0.303 e. The van der Waals surface area contributed by atoms with Gasteiger partial charge in [-0.25, -0.2) is 0 Å². The molecule has 3 aromatic carbocycles. The van der Waals surface area contributed by atoms with E-state index in [1.54, 1.807) is 19.1 Å². The van der Waals surface area contributed by atoms with Crippen molar-refractivity contribution >= 4 is 35.6 Å². The molecule has 1 aliphatic heterocycles. The normalized spacial score (nSPS) is 17.9. The van der Waals surface area contributed by atoms with Gasteiger partial charge in [-0.05, 0) is 60.2 Å². The third-order valence-corrected chi connectivity index (χ3v) is 10.9. The van der Waals surface area contributed by atoms with Crippen LogP contribution < -0.4 is 20.1 Å². The van der Waals surface area contributed by atoms with Crippen LogP contribution in [0.25, 0.3) is 0 Å². The Balaban J connectivity index is 1.27. The summed E-state index contributed by atoms with van der Waals surface area (Å²) in [5.41, 5.74) is 1.50. The first-order chi connectivity index (χ1) is 32.2. The Hall–Kier alpha value is -6.08.